The predicted molar refractivity (Wildman–Crippen MR) is 116 cm³/mol. The Labute approximate surface area is 180 Å². The molecule has 4 aromatic rings. The number of rotatable bonds is 5. The molecule has 0 amide bonds. The van der Waals surface area contributed by atoms with Crippen molar-refractivity contribution in [2.45, 2.75) is 13.8 Å². The maximum absolute atomic E-state index is 13.0. The fourth-order valence-corrected chi connectivity index (χ4v) is 3.38. The predicted octanol–water partition coefficient (Wildman–Crippen LogP) is 4.30. The summed E-state index contributed by atoms with van der Waals surface area (Å²) in [5.41, 5.74) is 1.23. The minimum Gasteiger partial charge on any atom is -0.344 e. The number of nitrogens with one attached hydrogen (secondary N) is 1. The number of aromatic nitrogens is 3. The van der Waals surface area contributed by atoms with Crippen LogP contribution in [0.5, 0.6) is 0 Å². The van der Waals surface area contributed by atoms with E-state index in [4.69, 9.17) is 0 Å². The molecule has 0 bridgehead atoms. The molecule has 0 unspecified atom stereocenters. The zero-order valence-electron chi connectivity index (χ0n) is 17.0. The Kier molecular flexibility index (Phi) is 5.07. The fraction of sp³-hybridized carbons (Fsp3) is 0.0952. The second-order valence-electron chi connectivity index (χ2n) is 7.14. The Morgan fingerprint density at radius 2 is 1.62 bits per heavy atom. The van der Waals surface area contributed by atoms with E-state index in [-0.39, 0.29) is 11.3 Å². The van der Waals surface area contributed by atoms with Crippen molar-refractivity contribution in [3.05, 3.63) is 91.5 Å². The Bertz CT molecular complexity index is 1380. The van der Waals surface area contributed by atoms with E-state index in [2.05, 4.69) is 15.6 Å². The van der Waals surface area contributed by atoms with Gasteiger partial charge in [-0.2, -0.15) is 4.68 Å². The largest absolute Gasteiger partial charge is 0.344 e. The van der Waals surface area contributed by atoms with Gasteiger partial charge in [-0.05, 0) is 37.6 Å². The van der Waals surface area contributed by atoms with Crippen LogP contribution in [-0.2, 0) is 0 Å². The first kappa shape index (κ1) is 20.6. The van der Waals surface area contributed by atoms with Gasteiger partial charge in [-0.1, -0.05) is 35.0 Å². The molecule has 0 spiro atoms. The third kappa shape index (κ3) is 3.62. The van der Waals surface area contributed by atoms with Gasteiger partial charge in [0.15, 0.2) is 5.69 Å². The van der Waals surface area contributed by atoms with Crippen LogP contribution < -0.4 is 5.32 Å². The summed E-state index contributed by atoms with van der Waals surface area (Å²) in [6.45, 7) is 3.66. The van der Waals surface area contributed by atoms with E-state index in [0.717, 1.165) is 27.9 Å². The molecule has 11 nitrogen and oxygen atoms in total. The molecule has 4 rings (SSSR count). The maximum Gasteiger partial charge on any atom is 0.300 e. The third-order valence-electron chi connectivity index (χ3n) is 4.92. The highest BCUT2D eigenvalue weighted by molar-refractivity contribution is 6.02. The number of nitrogens with zero attached hydrogens (tertiary/aromatic N) is 5. The van der Waals surface area contributed by atoms with Gasteiger partial charge in [-0.25, -0.2) is 0 Å². The Morgan fingerprint density at radius 3 is 2.25 bits per heavy atom. The number of nitro benzene ring substituents is 2. The molecule has 0 radical (unpaired) electrons. The molecule has 1 heterocycles. The number of para-hydroxylation sites is 1. The number of benzene rings is 3. The summed E-state index contributed by atoms with van der Waals surface area (Å²) in [5.74, 6) is -0.775. The Hall–Kier alpha value is -4.67. The molecule has 0 saturated heterocycles. The van der Waals surface area contributed by atoms with E-state index < -0.39 is 27.1 Å². The molecule has 0 aliphatic heterocycles. The topological polar surface area (TPSA) is 146 Å². The number of fused-ring (bicyclic) bond motifs is 1. The molecule has 0 aliphatic carbocycles. The molecule has 0 saturated carbocycles. The Morgan fingerprint density at radius 1 is 0.969 bits per heavy atom. The van der Waals surface area contributed by atoms with Gasteiger partial charge in [0, 0.05) is 17.8 Å². The van der Waals surface area contributed by atoms with Gasteiger partial charge in [0.2, 0.25) is 0 Å². The second kappa shape index (κ2) is 7.87. The van der Waals surface area contributed by atoms with Crippen molar-refractivity contribution in [3.63, 3.8) is 0 Å². The molecule has 1 aromatic heterocycles. The van der Waals surface area contributed by atoms with Crippen LogP contribution in [0.2, 0.25) is 0 Å². The molecule has 0 aliphatic rings. The van der Waals surface area contributed by atoms with Crippen molar-refractivity contribution in [2.75, 3.05) is 5.32 Å². The number of nitro groups is 2. The normalized spacial score (nSPS) is 10.8. The van der Waals surface area contributed by atoms with E-state index in [1.165, 1.54) is 0 Å². The summed E-state index contributed by atoms with van der Waals surface area (Å²) < 4.78 is 0.954. The zero-order valence-corrected chi connectivity index (χ0v) is 17.0. The summed E-state index contributed by atoms with van der Waals surface area (Å²) in [6, 6.07) is 13.9. The van der Waals surface area contributed by atoms with Crippen LogP contribution in [0.15, 0.2) is 54.6 Å². The maximum atomic E-state index is 13.0. The van der Waals surface area contributed by atoms with Gasteiger partial charge < -0.3 is 5.32 Å². The number of hydrogen-bond acceptors (Lipinski definition) is 8. The molecule has 11 heteroatoms. The number of aryl methyl sites for hydroxylation is 2. The van der Waals surface area contributed by atoms with Crippen molar-refractivity contribution in [1.29, 1.82) is 0 Å². The summed E-state index contributed by atoms with van der Waals surface area (Å²) in [6.07, 6.45) is 0. The lowest BCUT2D eigenvalue weighted by molar-refractivity contribution is -0.392. The van der Waals surface area contributed by atoms with Crippen molar-refractivity contribution in [2.24, 2.45) is 0 Å². The first-order chi connectivity index (χ1) is 15.3. The Balaban J connectivity index is 1.86. The molecule has 160 valence electrons. The van der Waals surface area contributed by atoms with E-state index in [1.54, 1.807) is 43.3 Å². The lowest BCUT2D eigenvalue weighted by Crippen LogP contribution is -2.15. The second-order valence-corrected chi connectivity index (χ2v) is 7.14. The number of carbonyl (C=O) groups is 1. The van der Waals surface area contributed by atoms with Crippen LogP contribution in [0.3, 0.4) is 0 Å². The first-order valence-electron chi connectivity index (χ1n) is 9.42. The van der Waals surface area contributed by atoms with Gasteiger partial charge >= 0.3 is 11.4 Å². The van der Waals surface area contributed by atoms with E-state index in [0.29, 0.717) is 16.7 Å². The monoisotopic (exact) mass is 432 g/mol. The highest BCUT2D eigenvalue weighted by Gasteiger charge is 2.30. The molecule has 0 fully saturated rings. The fourth-order valence-electron chi connectivity index (χ4n) is 3.38. The first-order valence-corrected chi connectivity index (χ1v) is 9.42. The minimum absolute atomic E-state index is 0.259. The van der Waals surface area contributed by atoms with Crippen molar-refractivity contribution in [1.82, 2.24) is 15.0 Å². The molecule has 0 atom stereocenters. The average molecular weight is 432 g/mol. The number of anilines is 2. The van der Waals surface area contributed by atoms with E-state index in [9.17, 15) is 25.0 Å². The van der Waals surface area contributed by atoms with E-state index in [1.807, 2.05) is 13.0 Å². The highest BCUT2D eigenvalue weighted by Crippen LogP contribution is 2.38. The number of carbonyl (C=O) groups excluding carboxylic acids is 1. The summed E-state index contributed by atoms with van der Waals surface area (Å²) in [5, 5.41) is 34.1. The van der Waals surface area contributed by atoms with E-state index >= 15 is 0 Å². The van der Waals surface area contributed by atoms with Crippen LogP contribution in [-0.4, -0.2) is 30.7 Å². The van der Waals surface area contributed by atoms with Gasteiger partial charge in [0.25, 0.3) is 5.91 Å². The lowest BCUT2D eigenvalue weighted by Gasteiger charge is -2.12. The van der Waals surface area contributed by atoms with Crippen LogP contribution in [0.1, 0.15) is 21.5 Å². The molecule has 3 aromatic carbocycles. The molecule has 1 N–H and O–H groups in total. The average Bonchev–Trinajstić information content (AvgIpc) is 3.19. The third-order valence-corrected chi connectivity index (χ3v) is 4.92. The summed E-state index contributed by atoms with van der Waals surface area (Å²) >= 11 is 0. The van der Waals surface area contributed by atoms with Crippen LogP contribution in [0.4, 0.5) is 22.7 Å². The molecule has 32 heavy (non-hydrogen) atoms. The smallest absolute Gasteiger partial charge is 0.300 e. The van der Waals surface area contributed by atoms with Gasteiger partial charge in [-0.15, -0.1) is 5.10 Å². The standard InChI is InChI=1S/C21H16N6O5/c1-12-7-8-15(13(2)9-12)22-20-18(26(29)30)10-14(11-19(20)27(31)32)21(28)25-17-6-4-3-5-16(17)23-24-25/h3-11,22H,1-2H3. The van der Waals surface area contributed by atoms with Crippen molar-refractivity contribution >= 4 is 39.7 Å². The summed E-state index contributed by atoms with van der Waals surface area (Å²) in [7, 11) is 0. The quantitative estimate of drug-likeness (QED) is 0.363. The van der Waals surface area contributed by atoms with Gasteiger partial charge in [0.05, 0.1) is 20.9 Å². The minimum atomic E-state index is -0.775. The van der Waals surface area contributed by atoms with Crippen molar-refractivity contribution in [3.8, 4) is 0 Å². The zero-order chi connectivity index (χ0) is 23.0. The van der Waals surface area contributed by atoms with Gasteiger partial charge in [-0.3, -0.25) is 25.0 Å². The van der Waals surface area contributed by atoms with Crippen molar-refractivity contribution < 1.29 is 14.6 Å². The molecular weight excluding hydrogens is 416 g/mol. The van der Waals surface area contributed by atoms with Crippen LogP contribution in [0, 0.1) is 34.1 Å². The molecular formula is C21H16N6O5. The van der Waals surface area contributed by atoms with Gasteiger partial charge in [0.1, 0.15) is 5.52 Å². The SMILES string of the molecule is Cc1ccc(Nc2c([N+](=O)[O-])cc(C(=O)n3nnc4ccccc43)cc2[N+](=O)[O-])c(C)c1. The lowest BCUT2D eigenvalue weighted by atomic mass is 10.1. The number of hydrogen-bond donors (Lipinski definition) is 1. The van der Waals surface area contributed by atoms with Crippen LogP contribution >= 0.6 is 0 Å². The highest BCUT2D eigenvalue weighted by atomic mass is 16.6. The van der Waals surface area contributed by atoms with Crippen LogP contribution in [0.25, 0.3) is 11.0 Å². The summed E-state index contributed by atoms with van der Waals surface area (Å²) in [4.78, 5) is 35.1.